The highest BCUT2D eigenvalue weighted by molar-refractivity contribution is 7.09. The van der Waals surface area contributed by atoms with E-state index in [-0.39, 0.29) is 5.91 Å². The van der Waals surface area contributed by atoms with Crippen LogP contribution in [-0.4, -0.2) is 15.8 Å². The molecule has 0 fully saturated rings. The third-order valence-corrected chi connectivity index (χ3v) is 5.41. The van der Waals surface area contributed by atoms with Gasteiger partial charge in [-0.15, -0.1) is 11.3 Å². The lowest BCUT2D eigenvalue weighted by atomic mass is 10.1. The maximum atomic E-state index is 12.4. The number of carbonyl (C=O) groups excluding carboxylic acids is 1. The molecule has 25 heavy (non-hydrogen) atoms. The number of hydrogen-bond donors (Lipinski definition) is 0. The molecular weight excluding hydrogens is 352 g/mol. The van der Waals surface area contributed by atoms with Crippen LogP contribution in [0.5, 0.6) is 0 Å². The standard InChI is InChI=1S/C20H21ClN2OS/c1-4-18(24)23(12-17-6-5-7-25-17)11-16-10-15-9-13(2)8-14(3)19(15)22-20(16)21/h5-10H,4,11-12H2,1-3H3. The van der Waals surface area contributed by atoms with E-state index in [1.165, 1.54) is 10.4 Å². The molecule has 5 heteroatoms. The van der Waals surface area contributed by atoms with Gasteiger partial charge in [-0.1, -0.05) is 36.2 Å². The molecule has 0 bridgehead atoms. The molecule has 0 aliphatic heterocycles. The third-order valence-electron chi connectivity index (χ3n) is 4.22. The quantitative estimate of drug-likeness (QED) is 0.553. The van der Waals surface area contributed by atoms with Crippen LogP contribution < -0.4 is 0 Å². The first kappa shape index (κ1) is 17.9. The van der Waals surface area contributed by atoms with E-state index in [4.69, 9.17) is 11.6 Å². The van der Waals surface area contributed by atoms with Crippen molar-refractivity contribution in [2.24, 2.45) is 0 Å². The number of thiophene rings is 1. The van der Waals surface area contributed by atoms with Crippen molar-refractivity contribution < 1.29 is 4.79 Å². The molecule has 0 radical (unpaired) electrons. The van der Waals surface area contributed by atoms with Crippen LogP contribution in [0.15, 0.2) is 35.7 Å². The second-order valence-corrected chi connectivity index (χ2v) is 7.66. The van der Waals surface area contributed by atoms with Crippen molar-refractivity contribution >= 4 is 39.7 Å². The fraction of sp³-hybridized carbons (Fsp3) is 0.300. The zero-order valence-corrected chi connectivity index (χ0v) is 16.2. The van der Waals surface area contributed by atoms with E-state index in [0.717, 1.165) is 22.0 Å². The maximum absolute atomic E-state index is 12.4. The highest BCUT2D eigenvalue weighted by atomic mass is 35.5. The van der Waals surface area contributed by atoms with Crippen LogP contribution in [0.2, 0.25) is 5.15 Å². The van der Waals surface area contributed by atoms with E-state index < -0.39 is 0 Å². The number of aryl methyl sites for hydroxylation is 2. The van der Waals surface area contributed by atoms with E-state index in [1.54, 1.807) is 11.3 Å². The van der Waals surface area contributed by atoms with Crippen molar-refractivity contribution in [1.29, 1.82) is 0 Å². The summed E-state index contributed by atoms with van der Waals surface area (Å²) >= 11 is 8.10. The number of hydrogen-bond acceptors (Lipinski definition) is 3. The molecular formula is C20H21ClN2OS. The van der Waals surface area contributed by atoms with Gasteiger partial charge >= 0.3 is 0 Å². The summed E-state index contributed by atoms with van der Waals surface area (Å²) in [7, 11) is 0. The number of halogens is 1. The van der Waals surface area contributed by atoms with Gasteiger partial charge in [-0.2, -0.15) is 0 Å². The van der Waals surface area contributed by atoms with Crippen LogP contribution in [-0.2, 0) is 17.9 Å². The monoisotopic (exact) mass is 372 g/mol. The van der Waals surface area contributed by atoms with E-state index in [9.17, 15) is 4.79 Å². The van der Waals surface area contributed by atoms with Crippen molar-refractivity contribution in [2.75, 3.05) is 0 Å². The second kappa shape index (κ2) is 7.54. The van der Waals surface area contributed by atoms with Crippen LogP contribution in [0.1, 0.15) is 34.9 Å². The molecule has 0 saturated heterocycles. The molecule has 1 amide bonds. The van der Waals surface area contributed by atoms with E-state index in [0.29, 0.717) is 24.7 Å². The van der Waals surface area contributed by atoms with E-state index in [1.807, 2.05) is 36.3 Å². The number of carbonyl (C=O) groups is 1. The molecule has 3 aromatic rings. The highest BCUT2D eigenvalue weighted by Crippen LogP contribution is 2.26. The molecule has 3 nitrogen and oxygen atoms in total. The fourth-order valence-corrected chi connectivity index (χ4v) is 3.95. The minimum absolute atomic E-state index is 0.116. The third kappa shape index (κ3) is 4.02. The smallest absolute Gasteiger partial charge is 0.222 e. The van der Waals surface area contributed by atoms with Crippen LogP contribution in [0, 0.1) is 13.8 Å². The van der Waals surface area contributed by atoms with Gasteiger partial charge in [0.2, 0.25) is 5.91 Å². The molecule has 0 aliphatic carbocycles. The van der Waals surface area contributed by atoms with Crippen molar-refractivity contribution in [3.8, 4) is 0 Å². The largest absolute Gasteiger partial charge is 0.333 e. The lowest BCUT2D eigenvalue weighted by Gasteiger charge is -2.22. The Morgan fingerprint density at radius 3 is 2.72 bits per heavy atom. The number of rotatable bonds is 5. The van der Waals surface area contributed by atoms with Crippen molar-refractivity contribution in [1.82, 2.24) is 9.88 Å². The Morgan fingerprint density at radius 1 is 1.24 bits per heavy atom. The normalized spacial score (nSPS) is 11.0. The van der Waals surface area contributed by atoms with Crippen LogP contribution in [0.4, 0.5) is 0 Å². The van der Waals surface area contributed by atoms with E-state index >= 15 is 0 Å². The highest BCUT2D eigenvalue weighted by Gasteiger charge is 2.16. The van der Waals surface area contributed by atoms with Crippen molar-refractivity contribution in [3.63, 3.8) is 0 Å². The van der Waals surface area contributed by atoms with Crippen LogP contribution in [0.25, 0.3) is 10.9 Å². The molecule has 1 aromatic carbocycles. The predicted molar refractivity (Wildman–Crippen MR) is 105 cm³/mol. The zero-order valence-electron chi connectivity index (χ0n) is 14.7. The first-order valence-corrected chi connectivity index (χ1v) is 9.60. The van der Waals surface area contributed by atoms with Crippen molar-refractivity contribution in [3.05, 3.63) is 62.4 Å². The summed E-state index contributed by atoms with van der Waals surface area (Å²) in [5.74, 6) is 0.116. The van der Waals surface area contributed by atoms with Crippen molar-refractivity contribution in [2.45, 2.75) is 40.3 Å². The lowest BCUT2D eigenvalue weighted by molar-refractivity contribution is -0.132. The minimum atomic E-state index is 0.116. The van der Waals surface area contributed by atoms with Gasteiger partial charge in [0, 0.05) is 28.8 Å². The van der Waals surface area contributed by atoms with Crippen LogP contribution in [0.3, 0.4) is 0 Å². The Hall–Kier alpha value is -1.91. The van der Waals surface area contributed by atoms with Gasteiger partial charge in [0.05, 0.1) is 12.1 Å². The van der Waals surface area contributed by atoms with Gasteiger partial charge < -0.3 is 4.90 Å². The molecule has 0 unspecified atom stereocenters. The summed E-state index contributed by atoms with van der Waals surface area (Å²) in [4.78, 5) is 20.0. The topological polar surface area (TPSA) is 33.2 Å². The van der Waals surface area contributed by atoms with Gasteiger partial charge in [0.25, 0.3) is 0 Å². The predicted octanol–water partition coefficient (Wildman–Crippen LogP) is 5.51. The minimum Gasteiger partial charge on any atom is -0.333 e. The molecule has 0 aliphatic rings. The van der Waals surface area contributed by atoms with E-state index in [2.05, 4.69) is 30.1 Å². The Labute approximate surface area is 157 Å². The average molecular weight is 373 g/mol. The SMILES string of the molecule is CCC(=O)N(Cc1cccs1)Cc1cc2cc(C)cc(C)c2nc1Cl. The molecule has 0 atom stereocenters. The van der Waals surface area contributed by atoms with Gasteiger partial charge in [-0.3, -0.25) is 4.79 Å². The lowest BCUT2D eigenvalue weighted by Crippen LogP contribution is -2.29. The van der Waals surface area contributed by atoms with Gasteiger partial charge in [-0.25, -0.2) is 4.98 Å². The Morgan fingerprint density at radius 2 is 2.04 bits per heavy atom. The van der Waals surface area contributed by atoms with Gasteiger partial charge in [0.1, 0.15) is 5.15 Å². The molecule has 130 valence electrons. The zero-order chi connectivity index (χ0) is 18.0. The van der Waals surface area contributed by atoms with Crippen LogP contribution >= 0.6 is 22.9 Å². The molecule has 2 aromatic heterocycles. The summed E-state index contributed by atoms with van der Waals surface area (Å²) < 4.78 is 0. The molecule has 2 heterocycles. The Balaban J connectivity index is 1.95. The summed E-state index contributed by atoms with van der Waals surface area (Å²) in [6.45, 7) is 7.08. The number of pyridine rings is 1. The summed E-state index contributed by atoms with van der Waals surface area (Å²) in [6, 6.07) is 10.3. The molecule has 0 spiro atoms. The first-order valence-electron chi connectivity index (χ1n) is 8.34. The number of nitrogens with zero attached hydrogens (tertiary/aromatic N) is 2. The summed E-state index contributed by atoms with van der Waals surface area (Å²) in [5.41, 5.74) is 4.12. The average Bonchev–Trinajstić information content (AvgIpc) is 3.08. The number of aromatic nitrogens is 1. The van der Waals surface area contributed by atoms with Gasteiger partial charge in [-0.05, 0) is 43.0 Å². The summed E-state index contributed by atoms with van der Waals surface area (Å²) in [6.07, 6.45) is 0.474. The molecule has 3 rings (SSSR count). The van der Waals surface area contributed by atoms with Gasteiger partial charge in [0.15, 0.2) is 0 Å². The fourth-order valence-electron chi connectivity index (χ4n) is 3.04. The summed E-state index contributed by atoms with van der Waals surface area (Å²) in [5, 5.41) is 3.57. The Kier molecular flexibility index (Phi) is 5.40. The molecule has 0 N–H and O–H groups in total. The maximum Gasteiger partial charge on any atom is 0.222 e. The number of fused-ring (bicyclic) bond motifs is 1. The number of benzene rings is 1. The first-order chi connectivity index (χ1) is 12.0. The Bertz CT molecular complexity index is 906. The molecule has 0 saturated carbocycles. The number of amides is 1. The second-order valence-electron chi connectivity index (χ2n) is 6.27.